The van der Waals surface area contributed by atoms with Crippen LogP contribution in [0.5, 0.6) is 0 Å². The van der Waals surface area contributed by atoms with Gasteiger partial charge in [0.25, 0.3) is 11.7 Å². The zero-order chi connectivity index (χ0) is 60.3. The number of nitrogens with zero attached hydrogens (tertiary/aromatic N) is 6. The normalized spacial score (nSPS) is 35.3. The lowest BCUT2D eigenvalue weighted by Crippen LogP contribution is -2.61. The molecule has 0 aromatic carbocycles. The lowest BCUT2D eigenvalue weighted by Gasteiger charge is -2.42. The highest BCUT2D eigenvalue weighted by atomic mass is 16.6. The first-order valence-electron chi connectivity index (χ1n) is 30.1. The van der Waals surface area contributed by atoms with Gasteiger partial charge in [-0.1, -0.05) is 64.2 Å². The molecule has 5 aliphatic heterocycles. The summed E-state index contributed by atoms with van der Waals surface area (Å²) < 4.78 is 30.4. The van der Waals surface area contributed by atoms with Crippen LogP contribution < -0.4 is 10.6 Å². The van der Waals surface area contributed by atoms with E-state index < -0.39 is 114 Å². The summed E-state index contributed by atoms with van der Waals surface area (Å²) in [7, 11) is 5.21. The van der Waals surface area contributed by atoms with Gasteiger partial charge in [0.1, 0.15) is 36.2 Å². The van der Waals surface area contributed by atoms with Crippen molar-refractivity contribution in [1.82, 2.24) is 24.7 Å². The standard InChI is InChI=1S/C62H93N7O14/c1-37-15-11-10-12-16-38(2)51(79-8)33-45-20-18-42(6)62(78,83-45)57(74)58(75)69-23-14-13-17-48(69)59(76)81-52(34-49(70)39(3)30-41(5)55(72)56(73)54(71)40(4)29-37)46(63)31-43-19-21-50(53(32-43)80-9)82-61(77)68-24-22-47-44(36-68)35-64-60(65-47)67-27-25-66(7)26-28-67/h10-12,15-16,30,35,37,39-40,42-43,45-46,48,50-53,55-56,72-73,78H,13-14,17-29,31-34,36,63H2,1-9H3/b12-10?,15-11+,38-16?,41-30+/t37-,39-,40-,42-,43+,45+,46-,48+,50-,51+,52+,53-,55-,56+,62-/m1/s1. The Kier molecular flexibility index (Phi) is 23.4. The van der Waals surface area contributed by atoms with Crippen molar-refractivity contribution in [2.24, 2.45) is 35.3 Å². The molecule has 83 heavy (non-hydrogen) atoms. The Bertz CT molecular complexity index is 2570. The Morgan fingerprint density at radius 2 is 1.60 bits per heavy atom. The van der Waals surface area contributed by atoms with Crippen LogP contribution in [0.2, 0.25) is 0 Å². The molecule has 460 valence electrons. The second-order valence-electron chi connectivity index (χ2n) is 24.5. The number of carbonyl (C=O) groups is 6. The number of aliphatic hydroxyl groups is 3. The van der Waals surface area contributed by atoms with Gasteiger partial charge in [-0.3, -0.25) is 19.2 Å². The summed E-state index contributed by atoms with van der Waals surface area (Å²) >= 11 is 0. The molecular weight excluding hydrogens is 1070 g/mol. The highest BCUT2D eigenvalue weighted by Crippen LogP contribution is 2.38. The number of hydrogen-bond donors (Lipinski definition) is 4. The van der Waals surface area contributed by atoms with Crippen LogP contribution in [0, 0.1) is 29.6 Å². The Hall–Kier alpha value is -5.26. The first-order chi connectivity index (χ1) is 39.5. The summed E-state index contributed by atoms with van der Waals surface area (Å²) in [6.07, 6.45) is 9.95. The number of anilines is 1. The van der Waals surface area contributed by atoms with Crippen molar-refractivity contribution in [1.29, 1.82) is 0 Å². The number of nitrogens with two attached hydrogens (primary N) is 1. The third-order valence-electron chi connectivity index (χ3n) is 18.2. The van der Waals surface area contributed by atoms with Crippen LogP contribution in [0.25, 0.3) is 0 Å². The number of ether oxygens (including phenoxy) is 5. The number of hydrogen-bond acceptors (Lipinski definition) is 19. The Morgan fingerprint density at radius 1 is 0.855 bits per heavy atom. The van der Waals surface area contributed by atoms with E-state index >= 15 is 0 Å². The molecule has 7 rings (SSSR count). The fourth-order valence-electron chi connectivity index (χ4n) is 12.6. The predicted octanol–water partition coefficient (Wildman–Crippen LogP) is 4.96. The monoisotopic (exact) mass is 1160 g/mol. The number of allylic oxidation sites excluding steroid dienone is 6. The molecule has 1 aliphatic carbocycles. The summed E-state index contributed by atoms with van der Waals surface area (Å²) in [6, 6.07) is -2.19. The molecule has 0 unspecified atom stereocenters. The number of aromatic nitrogens is 2. The highest BCUT2D eigenvalue weighted by molar-refractivity contribution is 6.39. The molecule has 1 saturated carbocycles. The molecule has 4 fully saturated rings. The van der Waals surface area contributed by atoms with Gasteiger partial charge in [-0.25, -0.2) is 19.6 Å². The van der Waals surface area contributed by atoms with E-state index in [4.69, 9.17) is 34.4 Å². The molecule has 0 spiro atoms. The van der Waals surface area contributed by atoms with E-state index in [9.17, 15) is 44.1 Å². The lowest BCUT2D eigenvalue weighted by atomic mass is 9.80. The van der Waals surface area contributed by atoms with Crippen molar-refractivity contribution in [2.45, 2.75) is 192 Å². The van der Waals surface area contributed by atoms with Crippen molar-refractivity contribution >= 4 is 41.3 Å². The minimum absolute atomic E-state index is 0.0194. The summed E-state index contributed by atoms with van der Waals surface area (Å²) in [5, 5.41) is 34.5. The topological polar surface area (TPSA) is 274 Å². The minimum Gasteiger partial charge on any atom is -0.459 e. The molecule has 21 nitrogen and oxygen atoms in total. The SMILES string of the molecule is CO[C@H]1C[C@@H]2CC[C@@H](C)[C@@](O)(O2)C(=O)C(=O)N2CCCC[C@H]2C(=O)O[C@H]([C@H](N)C[C@@H]2CC[C@@H](OC(=O)N3CCc4nc(N5CCN(C)CC5)ncc4C3)[C@H](OC)C2)CC(=O)[C@H](C)/C=C(\C)[C@@H](O)[C@@H](O)C(=O)[C@H](C)C[C@H](C)/C=C/C=CC=C1C. The maximum absolute atomic E-state index is 14.6. The molecule has 1 aromatic heterocycles. The van der Waals surface area contributed by atoms with Crippen LogP contribution in [-0.4, -0.2) is 196 Å². The summed E-state index contributed by atoms with van der Waals surface area (Å²) in [6.45, 7) is 14.6. The van der Waals surface area contributed by atoms with Gasteiger partial charge in [0, 0.05) is 108 Å². The van der Waals surface area contributed by atoms with E-state index in [1.165, 1.54) is 13.0 Å². The van der Waals surface area contributed by atoms with E-state index in [1.807, 2.05) is 44.2 Å². The van der Waals surface area contributed by atoms with Gasteiger partial charge in [0.15, 0.2) is 5.78 Å². The van der Waals surface area contributed by atoms with Gasteiger partial charge in [-0.15, -0.1) is 0 Å². The fraction of sp³-hybridized carbons (Fsp3) is 0.710. The van der Waals surface area contributed by atoms with Gasteiger partial charge in [-0.2, -0.15) is 0 Å². The molecule has 0 radical (unpaired) electrons. The molecule has 21 heteroatoms. The third kappa shape index (κ3) is 16.6. The Labute approximate surface area is 490 Å². The Balaban J connectivity index is 1.08. The predicted molar refractivity (Wildman–Crippen MR) is 309 cm³/mol. The van der Waals surface area contributed by atoms with Crippen molar-refractivity contribution in [3.63, 3.8) is 0 Å². The maximum atomic E-state index is 14.6. The van der Waals surface area contributed by atoms with E-state index in [-0.39, 0.29) is 49.6 Å². The zero-order valence-electron chi connectivity index (χ0n) is 50.4. The maximum Gasteiger partial charge on any atom is 0.410 e. The molecule has 6 aliphatic rings. The van der Waals surface area contributed by atoms with E-state index in [0.717, 1.165) is 47.9 Å². The second kappa shape index (κ2) is 29.7. The van der Waals surface area contributed by atoms with Crippen molar-refractivity contribution in [2.75, 3.05) is 65.4 Å². The summed E-state index contributed by atoms with van der Waals surface area (Å²) in [4.78, 5) is 102. The molecular formula is C62H93N7O14. The lowest BCUT2D eigenvalue weighted by molar-refractivity contribution is -0.265. The largest absolute Gasteiger partial charge is 0.459 e. The number of likely N-dealkylation sites (N-methyl/N-ethyl adjacent to an activating group) is 1. The first-order valence-corrected chi connectivity index (χ1v) is 30.1. The average Bonchev–Trinajstić information content (AvgIpc) is 3.32. The van der Waals surface area contributed by atoms with Gasteiger partial charge < -0.3 is 64.3 Å². The quantitative estimate of drug-likeness (QED) is 0.160. The van der Waals surface area contributed by atoms with Crippen LogP contribution in [0.4, 0.5) is 10.7 Å². The summed E-state index contributed by atoms with van der Waals surface area (Å²) in [5.74, 6) is -8.35. The van der Waals surface area contributed by atoms with Crippen LogP contribution in [0.3, 0.4) is 0 Å². The molecule has 1 aromatic rings. The number of ketones is 3. The van der Waals surface area contributed by atoms with Crippen molar-refractivity contribution in [3.05, 3.63) is 65.1 Å². The van der Waals surface area contributed by atoms with Gasteiger partial charge in [-0.05, 0) is 108 Å². The number of esters is 1. The molecule has 15 atom stereocenters. The highest BCUT2D eigenvalue weighted by Gasteiger charge is 2.53. The molecule has 2 bridgehead atoms. The molecule has 5 N–H and O–H groups in total. The number of piperazine rings is 1. The van der Waals surface area contributed by atoms with Crippen LogP contribution in [0.15, 0.2) is 53.8 Å². The zero-order valence-corrected chi connectivity index (χ0v) is 50.4. The number of Topliss-reactive ketones (excluding diaryl/α,β-unsaturated/α-hetero) is 3. The first kappa shape index (κ1) is 65.3. The van der Waals surface area contributed by atoms with Crippen LogP contribution >= 0.6 is 0 Å². The number of carbonyl (C=O) groups excluding carboxylic acids is 6. The van der Waals surface area contributed by atoms with Gasteiger partial charge in [0.05, 0.1) is 30.6 Å². The Morgan fingerprint density at radius 3 is 2.33 bits per heavy atom. The van der Waals surface area contributed by atoms with E-state index in [2.05, 4.69) is 21.8 Å². The van der Waals surface area contributed by atoms with E-state index in [1.54, 1.807) is 46.1 Å². The number of fused-ring (bicyclic) bond motifs is 4. The smallest absolute Gasteiger partial charge is 0.410 e. The number of cyclic esters (lactones) is 1. The number of amides is 2. The third-order valence-corrected chi connectivity index (χ3v) is 18.2. The number of rotatable bonds is 7. The molecule has 2 amide bonds. The summed E-state index contributed by atoms with van der Waals surface area (Å²) in [5.41, 5.74) is 9.87. The average molecular weight is 1160 g/mol. The van der Waals surface area contributed by atoms with Crippen molar-refractivity contribution in [3.8, 4) is 0 Å². The number of piperidine rings is 1. The van der Waals surface area contributed by atoms with Crippen molar-refractivity contribution < 1.29 is 67.8 Å². The van der Waals surface area contributed by atoms with Crippen LogP contribution in [0.1, 0.15) is 130 Å². The second-order valence-corrected chi connectivity index (χ2v) is 24.5. The number of aliphatic hydroxyl groups excluding tert-OH is 2. The van der Waals surface area contributed by atoms with E-state index in [0.29, 0.717) is 76.8 Å². The van der Waals surface area contributed by atoms with Gasteiger partial charge >= 0.3 is 12.1 Å². The minimum atomic E-state index is -2.49. The van der Waals surface area contributed by atoms with Crippen LogP contribution in [-0.2, 0) is 60.6 Å². The molecule has 3 saturated heterocycles. The molecule has 6 heterocycles. The van der Waals surface area contributed by atoms with Gasteiger partial charge in [0.2, 0.25) is 11.7 Å². The number of methoxy groups -OCH3 is 2. The fourth-order valence-corrected chi connectivity index (χ4v) is 12.6.